The van der Waals surface area contributed by atoms with Crippen LogP contribution in [0.15, 0.2) is 42.5 Å². The number of non-ortho nitro benzene ring substituents is 1. The number of anilines is 1. The predicted molar refractivity (Wildman–Crippen MR) is 87.2 cm³/mol. The Bertz CT molecular complexity index is 907. The van der Waals surface area contributed by atoms with Crippen LogP contribution in [-0.2, 0) is 0 Å². The summed E-state index contributed by atoms with van der Waals surface area (Å²) in [5, 5.41) is 13.8. The Morgan fingerprint density at radius 3 is 2.87 bits per heavy atom. The third-order valence-corrected chi connectivity index (χ3v) is 4.09. The van der Waals surface area contributed by atoms with Crippen LogP contribution in [0.3, 0.4) is 0 Å². The summed E-state index contributed by atoms with van der Waals surface area (Å²) in [6.45, 7) is 0. The quantitative estimate of drug-likeness (QED) is 0.584. The number of ether oxygens (including phenoxy) is 1. The number of thiazole rings is 1. The van der Waals surface area contributed by atoms with Gasteiger partial charge in [0, 0.05) is 17.7 Å². The van der Waals surface area contributed by atoms with Gasteiger partial charge in [0.25, 0.3) is 11.6 Å². The molecule has 2 aromatic carbocycles. The van der Waals surface area contributed by atoms with Crippen molar-refractivity contribution in [3.05, 3.63) is 58.1 Å². The van der Waals surface area contributed by atoms with Crippen LogP contribution in [0.25, 0.3) is 10.2 Å². The molecule has 23 heavy (non-hydrogen) atoms. The van der Waals surface area contributed by atoms with E-state index in [1.807, 2.05) is 0 Å². The van der Waals surface area contributed by atoms with Crippen LogP contribution in [0.4, 0.5) is 10.8 Å². The largest absolute Gasteiger partial charge is 0.497 e. The molecule has 3 rings (SSSR count). The third-order valence-electron chi connectivity index (χ3n) is 3.13. The minimum Gasteiger partial charge on any atom is -0.497 e. The zero-order valence-electron chi connectivity index (χ0n) is 12.0. The van der Waals surface area contributed by atoms with Crippen molar-refractivity contribution >= 4 is 38.3 Å². The maximum absolute atomic E-state index is 12.2. The van der Waals surface area contributed by atoms with E-state index in [1.165, 1.54) is 30.6 Å². The number of carbonyl (C=O) groups is 1. The molecule has 7 nitrogen and oxygen atoms in total. The van der Waals surface area contributed by atoms with Crippen molar-refractivity contribution in [3.8, 4) is 5.75 Å². The number of nitro groups is 1. The summed E-state index contributed by atoms with van der Waals surface area (Å²) in [6, 6.07) is 11.2. The standard InChI is InChI=1S/C15H11N3O4S/c1-22-11-4-2-3-9(7-11)14(19)17-15-16-12-8-10(18(20)21)5-6-13(12)23-15/h2-8H,1H3,(H,16,17,19). The molecule has 0 radical (unpaired) electrons. The van der Waals surface area contributed by atoms with Crippen molar-refractivity contribution in [3.63, 3.8) is 0 Å². The molecule has 0 fully saturated rings. The number of hydrogen-bond acceptors (Lipinski definition) is 6. The van der Waals surface area contributed by atoms with Crippen LogP contribution in [0.1, 0.15) is 10.4 Å². The fraction of sp³-hybridized carbons (Fsp3) is 0.0667. The van der Waals surface area contributed by atoms with Gasteiger partial charge in [0.05, 0.1) is 22.2 Å². The molecule has 1 amide bonds. The molecular formula is C15H11N3O4S. The fourth-order valence-corrected chi connectivity index (χ4v) is 2.86. The Balaban J connectivity index is 1.85. The lowest BCUT2D eigenvalue weighted by atomic mass is 10.2. The Hall–Kier alpha value is -3.00. The molecule has 0 bridgehead atoms. The summed E-state index contributed by atoms with van der Waals surface area (Å²) < 4.78 is 5.84. The molecule has 0 aliphatic carbocycles. The van der Waals surface area contributed by atoms with Crippen molar-refractivity contribution in [2.75, 3.05) is 12.4 Å². The molecule has 1 heterocycles. The molecule has 1 aromatic heterocycles. The highest BCUT2D eigenvalue weighted by atomic mass is 32.1. The second kappa shape index (κ2) is 6.01. The van der Waals surface area contributed by atoms with E-state index < -0.39 is 4.92 Å². The zero-order valence-corrected chi connectivity index (χ0v) is 12.8. The molecule has 0 atom stereocenters. The molecule has 116 valence electrons. The Labute approximate surface area is 134 Å². The number of nitrogens with one attached hydrogen (secondary N) is 1. The van der Waals surface area contributed by atoms with E-state index in [-0.39, 0.29) is 11.6 Å². The first-order valence-corrected chi connectivity index (χ1v) is 7.39. The van der Waals surface area contributed by atoms with Gasteiger partial charge < -0.3 is 4.74 Å². The minimum absolute atomic E-state index is 0.0338. The maximum atomic E-state index is 12.2. The number of fused-ring (bicyclic) bond motifs is 1. The molecular weight excluding hydrogens is 318 g/mol. The number of aromatic nitrogens is 1. The van der Waals surface area contributed by atoms with E-state index in [9.17, 15) is 14.9 Å². The van der Waals surface area contributed by atoms with Gasteiger partial charge in [-0.3, -0.25) is 20.2 Å². The lowest BCUT2D eigenvalue weighted by Gasteiger charge is -2.03. The number of benzene rings is 2. The summed E-state index contributed by atoms with van der Waals surface area (Å²) in [7, 11) is 1.53. The normalized spacial score (nSPS) is 10.5. The second-order valence-electron chi connectivity index (χ2n) is 4.61. The van der Waals surface area contributed by atoms with E-state index in [0.29, 0.717) is 22.0 Å². The van der Waals surface area contributed by atoms with Crippen LogP contribution >= 0.6 is 11.3 Å². The average molecular weight is 329 g/mol. The number of nitrogens with zero attached hydrogens (tertiary/aromatic N) is 2. The third kappa shape index (κ3) is 3.11. The predicted octanol–water partition coefficient (Wildman–Crippen LogP) is 3.47. The van der Waals surface area contributed by atoms with Gasteiger partial charge in [-0.15, -0.1) is 0 Å². The molecule has 0 aliphatic heterocycles. The number of hydrogen-bond donors (Lipinski definition) is 1. The summed E-state index contributed by atoms with van der Waals surface area (Å²) in [6.07, 6.45) is 0. The van der Waals surface area contributed by atoms with Crippen LogP contribution in [0.5, 0.6) is 5.75 Å². The minimum atomic E-state index is -0.479. The summed E-state index contributed by atoms with van der Waals surface area (Å²) in [5.74, 6) is 0.259. The Morgan fingerprint density at radius 2 is 2.13 bits per heavy atom. The number of rotatable bonds is 4. The molecule has 0 unspecified atom stereocenters. The average Bonchev–Trinajstić information content (AvgIpc) is 2.96. The first-order valence-electron chi connectivity index (χ1n) is 6.57. The van der Waals surface area contributed by atoms with Crippen LogP contribution in [0, 0.1) is 10.1 Å². The van der Waals surface area contributed by atoms with Crippen molar-refractivity contribution in [2.45, 2.75) is 0 Å². The first-order chi connectivity index (χ1) is 11.1. The fourth-order valence-electron chi connectivity index (χ4n) is 2.02. The van der Waals surface area contributed by atoms with Gasteiger partial charge in [-0.2, -0.15) is 0 Å². The topological polar surface area (TPSA) is 94.4 Å². The molecule has 8 heteroatoms. The van der Waals surface area contributed by atoms with E-state index in [2.05, 4.69) is 10.3 Å². The second-order valence-corrected chi connectivity index (χ2v) is 5.64. The van der Waals surface area contributed by atoms with Crippen molar-refractivity contribution in [1.29, 1.82) is 0 Å². The molecule has 0 aliphatic rings. The van der Waals surface area contributed by atoms with Gasteiger partial charge in [0.2, 0.25) is 0 Å². The van der Waals surface area contributed by atoms with E-state index in [1.54, 1.807) is 30.3 Å². The van der Waals surface area contributed by atoms with E-state index in [0.717, 1.165) is 4.70 Å². The highest BCUT2D eigenvalue weighted by Gasteiger charge is 2.13. The summed E-state index contributed by atoms with van der Waals surface area (Å²) in [4.78, 5) is 26.7. The van der Waals surface area contributed by atoms with Crippen molar-refractivity contribution in [2.24, 2.45) is 0 Å². The SMILES string of the molecule is COc1cccc(C(=O)Nc2nc3cc([N+](=O)[O-])ccc3s2)c1. The maximum Gasteiger partial charge on any atom is 0.271 e. The lowest BCUT2D eigenvalue weighted by molar-refractivity contribution is -0.384. The first kappa shape index (κ1) is 14.9. The highest BCUT2D eigenvalue weighted by Crippen LogP contribution is 2.29. The van der Waals surface area contributed by atoms with Gasteiger partial charge in [-0.05, 0) is 24.3 Å². The Morgan fingerprint density at radius 1 is 1.30 bits per heavy atom. The number of methoxy groups -OCH3 is 1. The van der Waals surface area contributed by atoms with Gasteiger partial charge in [-0.25, -0.2) is 4.98 Å². The lowest BCUT2D eigenvalue weighted by Crippen LogP contribution is -2.11. The van der Waals surface area contributed by atoms with Crippen LogP contribution < -0.4 is 10.1 Å². The van der Waals surface area contributed by atoms with Gasteiger partial charge in [-0.1, -0.05) is 17.4 Å². The van der Waals surface area contributed by atoms with Gasteiger partial charge in [0.15, 0.2) is 5.13 Å². The van der Waals surface area contributed by atoms with E-state index in [4.69, 9.17) is 4.74 Å². The van der Waals surface area contributed by atoms with Crippen LogP contribution in [-0.4, -0.2) is 22.9 Å². The van der Waals surface area contributed by atoms with Crippen LogP contribution in [0.2, 0.25) is 0 Å². The highest BCUT2D eigenvalue weighted by molar-refractivity contribution is 7.22. The molecule has 0 saturated carbocycles. The number of amides is 1. The van der Waals surface area contributed by atoms with Gasteiger partial charge >= 0.3 is 0 Å². The zero-order chi connectivity index (χ0) is 16.4. The molecule has 0 saturated heterocycles. The molecule has 1 N–H and O–H groups in total. The smallest absolute Gasteiger partial charge is 0.271 e. The van der Waals surface area contributed by atoms with Crippen molar-refractivity contribution in [1.82, 2.24) is 4.98 Å². The monoisotopic (exact) mass is 329 g/mol. The molecule has 3 aromatic rings. The summed E-state index contributed by atoms with van der Waals surface area (Å²) >= 11 is 1.25. The number of carbonyl (C=O) groups excluding carboxylic acids is 1. The Kier molecular flexibility index (Phi) is 3.90. The van der Waals surface area contributed by atoms with Gasteiger partial charge in [0.1, 0.15) is 5.75 Å². The summed E-state index contributed by atoms with van der Waals surface area (Å²) in [5.41, 5.74) is 0.883. The van der Waals surface area contributed by atoms with E-state index >= 15 is 0 Å². The van der Waals surface area contributed by atoms with Crippen molar-refractivity contribution < 1.29 is 14.5 Å². The number of nitro benzene ring substituents is 1. The molecule has 0 spiro atoms.